The highest BCUT2D eigenvalue weighted by molar-refractivity contribution is 7.94. The number of aromatic nitrogens is 3. The van der Waals surface area contributed by atoms with Crippen LogP contribution in [0.5, 0.6) is 5.75 Å². The first-order valence-electron chi connectivity index (χ1n) is 12.4. The maximum Gasteiger partial charge on any atom is 0.422 e. The van der Waals surface area contributed by atoms with E-state index in [4.69, 9.17) is 4.74 Å². The summed E-state index contributed by atoms with van der Waals surface area (Å²) in [5.74, 6) is -1.14. The molecule has 4 unspecified atom stereocenters. The third-order valence-corrected chi connectivity index (χ3v) is 12.1. The van der Waals surface area contributed by atoms with Gasteiger partial charge in [-0.2, -0.15) is 22.1 Å². The van der Waals surface area contributed by atoms with E-state index >= 15 is 0 Å². The molecule has 2 aliphatic carbocycles. The van der Waals surface area contributed by atoms with Crippen molar-refractivity contribution < 1.29 is 35.7 Å². The van der Waals surface area contributed by atoms with Crippen molar-refractivity contribution in [1.29, 1.82) is 0 Å². The van der Waals surface area contributed by atoms with Gasteiger partial charge in [-0.3, -0.25) is 9.78 Å². The molecule has 2 aromatic heterocycles. The lowest BCUT2D eigenvalue weighted by atomic mass is 9.70. The maximum absolute atomic E-state index is 14.2. The fraction of sp³-hybridized carbons (Fsp3) is 0.500. The van der Waals surface area contributed by atoms with E-state index < -0.39 is 56.0 Å². The van der Waals surface area contributed by atoms with Crippen molar-refractivity contribution in [3.05, 3.63) is 47.8 Å². The van der Waals surface area contributed by atoms with Gasteiger partial charge in [-0.15, -0.1) is 0 Å². The Hall–Kier alpha value is -2.64. The number of alkyl halides is 3. The fourth-order valence-electron chi connectivity index (χ4n) is 6.04. The Kier molecular flexibility index (Phi) is 6.58. The standard InChI is InChI=1S/C26H28F3N3O5S2/c1-15-18(30-12-10-20(15)37-14-26(27,28)29)13-38(34)23-31-17-7-5-6-8-19(17)32(23)39(35,36)21-16-9-11-25(4,22(21)33)24(16,2)3/h5-8,10,12,16,21H,9,11,13-14H2,1-4H3. The molecule has 0 aliphatic heterocycles. The molecule has 2 saturated carbocycles. The summed E-state index contributed by atoms with van der Waals surface area (Å²) in [6.07, 6.45) is -2.11. The van der Waals surface area contributed by atoms with E-state index in [2.05, 4.69) is 9.97 Å². The molecule has 2 aliphatic rings. The van der Waals surface area contributed by atoms with Crippen molar-refractivity contribution >= 4 is 38.0 Å². The van der Waals surface area contributed by atoms with E-state index in [0.29, 0.717) is 12.8 Å². The topological polar surface area (TPSA) is 114 Å². The third kappa shape index (κ3) is 4.33. The predicted octanol–water partition coefficient (Wildman–Crippen LogP) is 4.56. The van der Waals surface area contributed by atoms with E-state index in [1.807, 2.05) is 20.8 Å². The van der Waals surface area contributed by atoms with Crippen LogP contribution in [0.4, 0.5) is 13.2 Å². The van der Waals surface area contributed by atoms with Crippen molar-refractivity contribution in [3.63, 3.8) is 0 Å². The monoisotopic (exact) mass is 583 g/mol. The molecule has 1 aromatic carbocycles. The van der Waals surface area contributed by atoms with Gasteiger partial charge in [-0.05, 0) is 49.3 Å². The van der Waals surface area contributed by atoms with Crippen LogP contribution in [0, 0.1) is 23.7 Å². The molecule has 0 amide bonds. The van der Waals surface area contributed by atoms with Gasteiger partial charge in [0.25, 0.3) is 10.0 Å². The van der Waals surface area contributed by atoms with E-state index in [0.717, 1.165) is 3.97 Å². The fourth-order valence-corrected chi connectivity index (χ4v) is 10.1. The van der Waals surface area contributed by atoms with E-state index in [-0.39, 0.29) is 44.7 Å². The molecule has 2 bridgehead atoms. The van der Waals surface area contributed by atoms with Crippen LogP contribution in [-0.2, 0) is 31.7 Å². The Bertz CT molecular complexity index is 1570. The van der Waals surface area contributed by atoms with Crippen LogP contribution in [0.2, 0.25) is 0 Å². The van der Waals surface area contributed by atoms with Gasteiger partial charge in [0.1, 0.15) is 11.0 Å². The van der Waals surface area contributed by atoms with Crippen molar-refractivity contribution in [3.8, 4) is 5.75 Å². The van der Waals surface area contributed by atoms with Crippen LogP contribution in [0.25, 0.3) is 11.0 Å². The first-order chi connectivity index (χ1) is 18.1. The Balaban J connectivity index is 1.55. The van der Waals surface area contributed by atoms with E-state index in [9.17, 15) is 30.9 Å². The zero-order valence-electron chi connectivity index (χ0n) is 21.8. The number of para-hydroxylation sites is 2. The summed E-state index contributed by atoms with van der Waals surface area (Å²) in [5, 5.41) is -1.57. The lowest BCUT2D eigenvalue weighted by molar-refractivity contribution is -0.153. The van der Waals surface area contributed by atoms with Crippen molar-refractivity contribution in [1.82, 2.24) is 13.9 Å². The summed E-state index contributed by atoms with van der Waals surface area (Å²) in [6.45, 7) is 5.65. The van der Waals surface area contributed by atoms with Gasteiger partial charge < -0.3 is 9.29 Å². The Labute approximate surface area is 227 Å². The molecule has 0 spiro atoms. The van der Waals surface area contributed by atoms with Crippen LogP contribution >= 0.6 is 0 Å². The molecule has 39 heavy (non-hydrogen) atoms. The largest absolute Gasteiger partial charge is 0.609 e. The summed E-state index contributed by atoms with van der Waals surface area (Å²) >= 11 is -2.09. The smallest absolute Gasteiger partial charge is 0.422 e. The first kappa shape index (κ1) is 27.9. The predicted molar refractivity (Wildman–Crippen MR) is 138 cm³/mol. The average Bonchev–Trinajstić information content (AvgIpc) is 3.40. The molecule has 2 heterocycles. The van der Waals surface area contributed by atoms with Crippen LogP contribution in [0.1, 0.15) is 44.9 Å². The number of pyridine rings is 1. The van der Waals surface area contributed by atoms with E-state index in [1.54, 1.807) is 24.3 Å². The molecular formula is C26H28F3N3O5S2. The molecule has 0 radical (unpaired) electrons. The van der Waals surface area contributed by atoms with Crippen LogP contribution < -0.4 is 4.74 Å². The number of fused-ring (bicyclic) bond motifs is 3. The maximum atomic E-state index is 14.2. The number of imidazole rings is 1. The zero-order chi connectivity index (χ0) is 28.5. The summed E-state index contributed by atoms with van der Waals surface area (Å²) in [7, 11) is -4.38. The van der Waals surface area contributed by atoms with Crippen molar-refractivity contribution in [2.24, 2.45) is 16.7 Å². The molecule has 3 aromatic rings. The van der Waals surface area contributed by atoms with Crippen molar-refractivity contribution in [2.45, 2.75) is 62.9 Å². The quantitative estimate of drug-likeness (QED) is 0.375. The number of rotatable bonds is 7. The van der Waals surface area contributed by atoms with Crippen LogP contribution in [-0.4, -0.2) is 50.7 Å². The van der Waals surface area contributed by atoms with Gasteiger partial charge in [0.05, 0.1) is 16.7 Å². The van der Waals surface area contributed by atoms with Gasteiger partial charge in [0.2, 0.25) is 0 Å². The van der Waals surface area contributed by atoms with Crippen molar-refractivity contribution in [2.75, 3.05) is 6.61 Å². The molecule has 0 N–H and O–H groups in total. The number of hydrogen-bond donors (Lipinski definition) is 0. The lowest BCUT2D eigenvalue weighted by Gasteiger charge is -2.32. The van der Waals surface area contributed by atoms with Gasteiger partial charge >= 0.3 is 11.3 Å². The number of benzene rings is 1. The van der Waals surface area contributed by atoms with E-state index in [1.165, 1.54) is 19.2 Å². The molecule has 210 valence electrons. The second-order valence-corrected chi connectivity index (χ2v) is 14.2. The highest BCUT2D eigenvalue weighted by Crippen LogP contribution is 2.65. The summed E-state index contributed by atoms with van der Waals surface area (Å²) < 4.78 is 86.0. The highest BCUT2D eigenvalue weighted by Gasteiger charge is 2.70. The summed E-state index contributed by atoms with van der Waals surface area (Å²) in [6, 6.07) is 7.70. The van der Waals surface area contributed by atoms with Gasteiger partial charge in [0, 0.05) is 28.4 Å². The Morgan fingerprint density at radius 2 is 1.90 bits per heavy atom. The summed E-state index contributed by atoms with van der Waals surface area (Å²) in [4.78, 5) is 22.1. The molecule has 0 saturated heterocycles. The number of hydrogen-bond acceptors (Lipinski definition) is 7. The SMILES string of the molecule is Cc1c(OCC(F)(F)F)ccnc1C[S+]([O-])c1nc2ccccc2n1S(=O)(=O)C1C(=O)C2(C)CCC1C2(C)C. The minimum absolute atomic E-state index is 0.0708. The van der Waals surface area contributed by atoms with Gasteiger partial charge in [-0.25, -0.2) is 8.42 Å². The average molecular weight is 584 g/mol. The Morgan fingerprint density at radius 3 is 2.54 bits per heavy atom. The highest BCUT2D eigenvalue weighted by atomic mass is 32.2. The number of nitrogens with zero attached hydrogens (tertiary/aromatic N) is 3. The summed E-state index contributed by atoms with van der Waals surface area (Å²) in [5.41, 5.74) is -0.408. The number of carbonyl (C=O) groups is 1. The minimum Gasteiger partial charge on any atom is -0.609 e. The molecular weight excluding hydrogens is 555 g/mol. The second kappa shape index (κ2) is 9.20. The second-order valence-electron chi connectivity index (χ2n) is 11.0. The van der Waals surface area contributed by atoms with Crippen LogP contribution in [0.3, 0.4) is 0 Å². The lowest BCUT2D eigenvalue weighted by Crippen LogP contribution is -2.42. The number of halogens is 3. The molecule has 13 heteroatoms. The number of ketones is 1. The third-order valence-electron chi connectivity index (χ3n) is 8.66. The normalized spacial score (nSPS) is 25.4. The minimum atomic E-state index is -4.54. The van der Waals surface area contributed by atoms with Gasteiger partial charge in [0.15, 0.2) is 18.1 Å². The van der Waals surface area contributed by atoms with Gasteiger partial charge in [-0.1, -0.05) is 32.9 Å². The molecule has 5 rings (SSSR count). The number of carbonyl (C=O) groups excluding carboxylic acids is 1. The molecule has 8 nitrogen and oxygen atoms in total. The number of Topliss-reactive ketones (excluding diaryl/α,β-unsaturated/α-hetero) is 1. The first-order valence-corrected chi connectivity index (χ1v) is 15.2. The zero-order valence-corrected chi connectivity index (χ0v) is 23.4. The Morgan fingerprint density at radius 1 is 1.21 bits per heavy atom. The molecule has 2 fully saturated rings. The number of ether oxygens (including phenoxy) is 1. The van der Waals surface area contributed by atoms with Crippen LogP contribution in [0.15, 0.2) is 41.7 Å². The molecule has 4 atom stereocenters.